The number of benzene rings is 1. The first-order chi connectivity index (χ1) is 9.26. The SMILES string of the molecule is CCOCCC(N)Cc1nc2ccccc2n1CC. The molecule has 4 nitrogen and oxygen atoms in total. The van der Waals surface area contributed by atoms with Gasteiger partial charge in [0.05, 0.1) is 11.0 Å². The Kier molecular flexibility index (Phi) is 4.93. The third-order valence-corrected chi connectivity index (χ3v) is 3.33. The van der Waals surface area contributed by atoms with Gasteiger partial charge in [-0.2, -0.15) is 0 Å². The van der Waals surface area contributed by atoms with Gasteiger partial charge >= 0.3 is 0 Å². The molecule has 1 unspecified atom stereocenters. The predicted molar refractivity (Wildman–Crippen MR) is 78.2 cm³/mol. The van der Waals surface area contributed by atoms with Crippen LogP contribution in [0.4, 0.5) is 0 Å². The van der Waals surface area contributed by atoms with Gasteiger partial charge in [0, 0.05) is 32.2 Å². The van der Waals surface area contributed by atoms with E-state index in [0.29, 0.717) is 0 Å². The highest BCUT2D eigenvalue weighted by Crippen LogP contribution is 2.17. The average molecular weight is 261 g/mol. The van der Waals surface area contributed by atoms with Crippen LogP contribution in [0.15, 0.2) is 24.3 Å². The van der Waals surface area contributed by atoms with E-state index in [9.17, 15) is 0 Å². The lowest BCUT2D eigenvalue weighted by molar-refractivity contribution is 0.139. The Morgan fingerprint density at radius 2 is 2.11 bits per heavy atom. The maximum absolute atomic E-state index is 6.16. The molecule has 0 amide bonds. The van der Waals surface area contributed by atoms with Gasteiger partial charge in [0.25, 0.3) is 0 Å². The van der Waals surface area contributed by atoms with Crippen LogP contribution in [0.2, 0.25) is 0 Å². The van der Waals surface area contributed by atoms with Crippen LogP contribution in [0.1, 0.15) is 26.1 Å². The molecule has 0 aliphatic carbocycles. The summed E-state index contributed by atoms with van der Waals surface area (Å²) in [5, 5.41) is 0. The van der Waals surface area contributed by atoms with Gasteiger partial charge in [-0.15, -0.1) is 0 Å². The summed E-state index contributed by atoms with van der Waals surface area (Å²) in [6, 6.07) is 8.34. The van der Waals surface area contributed by atoms with E-state index in [4.69, 9.17) is 15.5 Å². The van der Waals surface area contributed by atoms with E-state index in [1.165, 1.54) is 5.52 Å². The normalized spacial score (nSPS) is 13.0. The molecule has 0 saturated carbocycles. The number of rotatable bonds is 7. The van der Waals surface area contributed by atoms with E-state index in [0.717, 1.165) is 43.9 Å². The summed E-state index contributed by atoms with van der Waals surface area (Å²) in [5.41, 5.74) is 8.40. The van der Waals surface area contributed by atoms with Crippen LogP contribution in [-0.4, -0.2) is 28.8 Å². The number of aromatic nitrogens is 2. The van der Waals surface area contributed by atoms with E-state index in [1.54, 1.807) is 0 Å². The number of nitrogens with two attached hydrogens (primary N) is 1. The maximum Gasteiger partial charge on any atom is 0.111 e. The zero-order valence-corrected chi connectivity index (χ0v) is 11.8. The summed E-state index contributed by atoms with van der Waals surface area (Å²) in [5.74, 6) is 1.08. The molecule has 2 N–H and O–H groups in total. The highest BCUT2D eigenvalue weighted by atomic mass is 16.5. The van der Waals surface area contributed by atoms with Crippen LogP contribution < -0.4 is 5.73 Å². The zero-order valence-electron chi connectivity index (χ0n) is 11.8. The highest BCUT2D eigenvalue weighted by Gasteiger charge is 2.12. The van der Waals surface area contributed by atoms with Crippen LogP contribution >= 0.6 is 0 Å². The lowest BCUT2D eigenvalue weighted by Gasteiger charge is -2.12. The van der Waals surface area contributed by atoms with Crippen molar-refractivity contribution in [3.05, 3.63) is 30.1 Å². The topological polar surface area (TPSA) is 53.1 Å². The molecule has 19 heavy (non-hydrogen) atoms. The molecule has 1 heterocycles. The zero-order chi connectivity index (χ0) is 13.7. The van der Waals surface area contributed by atoms with Crippen molar-refractivity contribution in [3.8, 4) is 0 Å². The Labute approximate surface area is 114 Å². The molecule has 1 aromatic heterocycles. The molecule has 0 aliphatic rings. The van der Waals surface area contributed by atoms with E-state index in [1.807, 2.05) is 13.0 Å². The average Bonchev–Trinajstić information content (AvgIpc) is 2.76. The summed E-state index contributed by atoms with van der Waals surface area (Å²) < 4.78 is 7.60. The van der Waals surface area contributed by atoms with Crippen molar-refractivity contribution in [1.29, 1.82) is 0 Å². The van der Waals surface area contributed by atoms with E-state index < -0.39 is 0 Å². The van der Waals surface area contributed by atoms with E-state index >= 15 is 0 Å². The van der Waals surface area contributed by atoms with Gasteiger partial charge in [-0.1, -0.05) is 12.1 Å². The van der Waals surface area contributed by atoms with Crippen molar-refractivity contribution in [1.82, 2.24) is 9.55 Å². The Morgan fingerprint density at radius 3 is 2.84 bits per heavy atom. The van der Waals surface area contributed by atoms with Crippen molar-refractivity contribution in [2.24, 2.45) is 5.73 Å². The fraction of sp³-hybridized carbons (Fsp3) is 0.533. The second kappa shape index (κ2) is 6.68. The molecule has 1 atom stereocenters. The largest absolute Gasteiger partial charge is 0.382 e. The molecule has 0 saturated heterocycles. The van der Waals surface area contributed by atoms with E-state index in [-0.39, 0.29) is 6.04 Å². The van der Waals surface area contributed by atoms with Gasteiger partial charge in [0.2, 0.25) is 0 Å². The van der Waals surface area contributed by atoms with Gasteiger partial charge < -0.3 is 15.0 Å². The summed E-state index contributed by atoms with van der Waals surface area (Å²) in [4.78, 5) is 4.69. The minimum Gasteiger partial charge on any atom is -0.382 e. The van der Waals surface area contributed by atoms with Gasteiger partial charge in [0.1, 0.15) is 5.82 Å². The first-order valence-electron chi connectivity index (χ1n) is 7.03. The Morgan fingerprint density at radius 1 is 1.32 bits per heavy atom. The molecule has 4 heteroatoms. The fourth-order valence-electron chi connectivity index (χ4n) is 2.35. The van der Waals surface area contributed by atoms with Crippen molar-refractivity contribution >= 4 is 11.0 Å². The number of nitrogens with zero attached hydrogens (tertiary/aromatic N) is 2. The number of para-hydroxylation sites is 2. The molecule has 104 valence electrons. The number of ether oxygens (including phenoxy) is 1. The molecule has 2 aromatic rings. The molecular formula is C15H23N3O. The predicted octanol–water partition coefficient (Wildman–Crippen LogP) is 2.35. The Balaban J connectivity index is 2.11. The molecule has 0 fully saturated rings. The lowest BCUT2D eigenvalue weighted by atomic mass is 10.1. The minimum atomic E-state index is 0.105. The second-order valence-corrected chi connectivity index (χ2v) is 4.71. The molecular weight excluding hydrogens is 238 g/mol. The van der Waals surface area contributed by atoms with Crippen LogP contribution in [0.25, 0.3) is 11.0 Å². The van der Waals surface area contributed by atoms with Crippen LogP contribution in [0, 0.1) is 0 Å². The minimum absolute atomic E-state index is 0.105. The molecule has 1 aromatic carbocycles. The van der Waals surface area contributed by atoms with Gasteiger partial charge in [-0.05, 0) is 32.4 Å². The number of fused-ring (bicyclic) bond motifs is 1. The van der Waals surface area contributed by atoms with Gasteiger partial charge in [0.15, 0.2) is 0 Å². The lowest BCUT2D eigenvalue weighted by Crippen LogP contribution is -2.26. The van der Waals surface area contributed by atoms with Crippen molar-refractivity contribution in [2.75, 3.05) is 13.2 Å². The number of hydrogen-bond donors (Lipinski definition) is 1. The maximum atomic E-state index is 6.16. The second-order valence-electron chi connectivity index (χ2n) is 4.71. The summed E-state index contributed by atoms with van der Waals surface area (Å²) in [7, 11) is 0. The standard InChI is InChI=1S/C15H23N3O/c1-3-18-14-8-6-5-7-13(14)17-15(18)11-12(16)9-10-19-4-2/h5-8,12H,3-4,9-11,16H2,1-2H3. The first-order valence-corrected chi connectivity index (χ1v) is 7.03. The van der Waals surface area contributed by atoms with Crippen molar-refractivity contribution in [2.45, 2.75) is 39.3 Å². The van der Waals surface area contributed by atoms with Gasteiger partial charge in [-0.25, -0.2) is 4.98 Å². The molecule has 0 bridgehead atoms. The highest BCUT2D eigenvalue weighted by molar-refractivity contribution is 5.75. The summed E-state index contributed by atoms with van der Waals surface area (Å²) >= 11 is 0. The summed E-state index contributed by atoms with van der Waals surface area (Å²) in [6.45, 7) is 6.55. The number of aryl methyl sites for hydroxylation is 1. The molecule has 0 aliphatic heterocycles. The third kappa shape index (κ3) is 3.33. The Hall–Kier alpha value is -1.39. The monoisotopic (exact) mass is 261 g/mol. The van der Waals surface area contributed by atoms with Crippen LogP contribution in [0.5, 0.6) is 0 Å². The smallest absolute Gasteiger partial charge is 0.111 e. The molecule has 0 radical (unpaired) electrons. The van der Waals surface area contributed by atoms with Crippen LogP contribution in [0.3, 0.4) is 0 Å². The fourth-order valence-corrected chi connectivity index (χ4v) is 2.35. The van der Waals surface area contributed by atoms with Crippen molar-refractivity contribution in [3.63, 3.8) is 0 Å². The molecule has 2 rings (SSSR count). The third-order valence-electron chi connectivity index (χ3n) is 3.33. The van der Waals surface area contributed by atoms with Gasteiger partial charge in [-0.3, -0.25) is 0 Å². The van der Waals surface area contributed by atoms with E-state index in [2.05, 4.69) is 29.7 Å². The number of imidazole rings is 1. The first kappa shape index (κ1) is 14.0. The van der Waals surface area contributed by atoms with Crippen molar-refractivity contribution < 1.29 is 4.74 Å². The number of hydrogen-bond acceptors (Lipinski definition) is 3. The Bertz CT molecular complexity index is 521. The molecule has 0 spiro atoms. The van der Waals surface area contributed by atoms with Crippen LogP contribution in [-0.2, 0) is 17.7 Å². The summed E-state index contributed by atoms with van der Waals surface area (Å²) in [6.07, 6.45) is 1.68. The quantitative estimate of drug-likeness (QED) is 0.778.